The van der Waals surface area contributed by atoms with Gasteiger partial charge in [0.2, 0.25) is 0 Å². The molecule has 0 atom stereocenters. The molecule has 0 saturated heterocycles. The Balaban J connectivity index is 3.17. The lowest BCUT2D eigenvalue weighted by Crippen LogP contribution is -1.75. The van der Waals surface area contributed by atoms with Crippen LogP contribution in [0.2, 0.25) is 0 Å². The zero-order valence-electron chi connectivity index (χ0n) is 4.40. The first-order chi connectivity index (χ1) is 4.18. The Kier molecular flexibility index (Phi) is 1.34. The molecule has 0 saturated carbocycles. The minimum absolute atomic E-state index is 0.646. The molecule has 0 aromatic heterocycles. The van der Waals surface area contributed by atoms with Crippen LogP contribution >= 0.6 is 0 Å². The number of rotatable bonds is 0. The highest BCUT2D eigenvalue weighted by atomic mass is 19.1. The maximum absolute atomic E-state index is 12.0. The van der Waals surface area contributed by atoms with E-state index in [1.54, 1.807) is 0 Å². The standard InChI is InChI=1S/C6H3F2O/c7-4-1-5(8)3-6(9)2-4/h1-3H. The second-order valence-corrected chi connectivity index (χ2v) is 1.61. The van der Waals surface area contributed by atoms with Crippen LogP contribution in [0.1, 0.15) is 0 Å². The summed E-state index contributed by atoms with van der Waals surface area (Å²) in [6, 6.07) is 2.10. The summed E-state index contributed by atoms with van der Waals surface area (Å²) in [5, 5.41) is 10.2. The summed E-state index contributed by atoms with van der Waals surface area (Å²) in [6.07, 6.45) is 0. The fourth-order valence-corrected chi connectivity index (χ4v) is 0.529. The predicted octanol–water partition coefficient (Wildman–Crippen LogP) is 2.11. The van der Waals surface area contributed by atoms with Crippen LogP contribution in [0.5, 0.6) is 5.75 Å². The first kappa shape index (κ1) is 6.01. The summed E-state index contributed by atoms with van der Waals surface area (Å²) in [7, 11) is 0. The fourth-order valence-electron chi connectivity index (χ4n) is 0.529. The van der Waals surface area contributed by atoms with E-state index in [0.717, 1.165) is 12.1 Å². The van der Waals surface area contributed by atoms with Gasteiger partial charge in [0.05, 0.1) is 0 Å². The molecule has 0 spiro atoms. The summed E-state index contributed by atoms with van der Waals surface area (Å²) < 4.78 is 24.0. The highest BCUT2D eigenvalue weighted by molar-refractivity contribution is 5.21. The van der Waals surface area contributed by atoms with Crippen LogP contribution in [0.25, 0.3) is 0 Å². The van der Waals surface area contributed by atoms with Gasteiger partial charge >= 0.3 is 0 Å². The summed E-state index contributed by atoms with van der Waals surface area (Å²) in [6.45, 7) is 0. The second kappa shape index (κ2) is 2.01. The normalized spacial score (nSPS) is 9.56. The van der Waals surface area contributed by atoms with Gasteiger partial charge in [-0.25, -0.2) is 8.78 Å². The molecule has 3 heteroatoms. The molecule has 1 nitrogen and oxygen atoms in total. The van der Waals surface area contributed by atoms with Crippen LogP contribution in [0, 0.1) is 11.6 Å². The van der Waals surface area contributed by atoms with E-state index in [2.05, 4.69) is 0 Å². The third kappa shape index (κ3) is 1.38. The summed E-state index contributed by atoms with van der Waals surface area (Å²) in [4.78, 5) is 0. The van der Waals surface area contributed by atoms with Crippen molar-refractivity contribution in [1.29, 1.82) is 0 Å². The van der Waals surface area contributed by atoms with E-state index in [0.29, 0.717) is 6.07 Å². The Morgan fingerprint density at radius 2 is 1.44 bits per heavy atom. The number of benzene rings is 1. The molecular formula is C6H3F2O. The Labute approximate surface area is 50.6 Å². The summed E-state index contributed by atoms with van der Waals surface area (Å²) in [5.41, 5.74) is 0. The topological polar surface area (TPSA) is 19.9 Å². The van der Waals surface area contributed by atoms with Gasteiger partial charge in [-0.2, -0.15) is 0 Å². The first-order valence-electron chi connectivity index (χ1n) is 2.31. The molecule has 47 valence electrons. The molecule has 1 aromatic carbocycles. The number of hydrogen-bond donors (Lipinski definition) is 0. The van der Waals surface area contributed by atoms with E-state index in [1.807, 2.05) is 0 Å². The molecule has 0 amide bonds. The van der Waals surface area contributed by atoms with Crippen LogP contribution in [-0.4, -0.2) is 0 Å². The van der Waals surface area contributed by atoms with E-state index in [1.165, 1.54) is 0 Å². The van der Waals surface area contributed by atoms with Crippen LogP contribution in [0.4, 0.5) is 8.78 Å². The molecule has 1 aromatic rings. The molecule has 0 heterocycles. The molecule has 0 N–H and O–H groups in total. The largest absolute Gasteiger partial charge is 0.290 e. The van der Waals surface area contributed by atoms with Crippen molar-refractivity contribution in [2.45, 2.75) is 0 Å². The molecule has 1 radical (unpaired) electrons. The van der Waals surface area contributed by atoms with Gasteiger partial charge in [-0.1, -0.05) is 0 Å². The molecule has 0 aliphatic heterocycles. The quantitative estimate of drug-likeness (QED) is 0.511. The molecule has 0 aliphatic carbocycles. The zero-order valence-corrected chi connectivity index (χ0v) is 4.40. The number of hydrogen-bond acceptors (Lipinski definition) is 0. The van der Waals surface area contributed by atoms with Crippen molar-refractivity contribution in [2.75, 3.05) is 0 Å². The second-order valence-electron chi connectivity index (χ2n) is 1.61. The van der Waals surface area contributed by atoms with E-state index >= 15 is 0 Å². The molecule has 0 aliphatic rings. The van der Waals surface area contributed by atoms with Gasteiger partial charge in [0, 0.05) is 18.2 Å². The SMILES string of the molecule is [O]c1cc(F)cc(F)c1. The lowest BCUT2D eigenvalue weighted by Gasteiger charge is -1.87. The molecule has 0 bridgehead atoms. The van der Waals surface area contributed by atoms with Gasteiger partial charge in [-0.15, -0.1) is 0 Å². The average molecular weight is 129 g/mol. The molecule has 0 fully saturated rings. The van der Waals surface area contributed by atoms with Crippen LogP contribution in [-0.2, 0) is 5.11 Å². The minimum atomic E-state index is -0.833. The van der Waals surface area contributed by atoms with Gasteiger partial charge < -0.3 is 0 Å². The Hall–Kier alpha value is -1.12. The predicted molar refractivity (Wildman–Crippen MR) is 26.5 cm³/mol. The molecular weight excluding hydrogens is 126 g/mol. The minimum Gasteiger partial charge on any atom is -0.290 e. The van der Waals surface area contributed by atoms with Crippen LogP contribution in [0.15, 0.2) is 18.2 Å². The van der Waals surface area contributed by atoms with Crippen molar-refractivity contribution < 1.29 is 13.9 Å². The van der Waals surface area contributed by atoms with Gasteiger partial charge in [-0.05, 0) is 0 Å². The highest BCUT2D eigenvalue weighted by Crippen LogP contribution is 2.13. The van der Waals surface area contributed by atoms with E-state index in [-0.39, 0.29) is 0 Å². The summed E-state index contributed by atoms with van der Waals surface area (Å²) in [5.74, 6) is -2.31. The Morgan fingerprint density at radius 1 is 1.00 bits per heavy atom. The highest BCUT2D eigenvalue weighted by Gasteiger charge is 1.97. The van der Waals surface area contributed by atoms with E-state index in [4.69, 9.17) is 0 Å². The maximum Gasteiger partial charge on any atom is 0.184 e. The van der Waals surface area contributed by atoms with Crippen molar-refractivity contribution in [3.05, 3.63) is 29.8 Å². The van der Waals surface area contributed by atoms with Crippen LogP contribution in [0.3, 0.4) is 0 Å². The first-order valence-corrected chi connectivity index (χ1v) is 2.31. The van der Waals surface area contributed by atoms with Crippen molar-refractivity contribution in [2.24, 2.45) is 0 Å². The lowest BCUT2D eigenvalue weighted by molar-refractivity contribution is 0.349. The van der Waals surface area contributed by atoms with Gasteiger partial charge in [0.25, 0.3) is 0 Å². The fraction of sp³-hybridized carbons (Fsp3) is 0. The maximum atomic E-state index is 12.0. The third-order valence-electron chi connectivity index (χ3n) is 0.836. The number of halogens is 2. The lowest BCUT2D eigenvalue weighted by atomic mass is 10.3. The van der Waals surface area contributed by atoms with Crippen molar-refractivity contribution >= 4 is 0 Å². The molecule has 9 heavy (non-hydrogen) atoms. The monoisotopic (exact) mass is 129 g/mol. The van der Waals surface area contributed by atoms with Crippen molar-refractivity contribution in [3.63, 3.8) is 0 Å². The van der Waals surface area contributed by atoms with E-state index in [9.17, 15) is 13.9 Å². The van der Waals surface area contributed by atoms with E-state index < -0.39 is 17.4 Å². The Morgan fingerprint density at radius 3 is 1.78 bits per heavy atom. The molecule has 1 rings (SSSR count). The molecule has 0 unspecified atom stereocenters. The van der Waals surface area contributed by atoms with Crippen LogP contribution < -0.4 is 0 Å². The zero-order chi connectivity index (χ0) is 6.85. The summed E-state index contributed by atoms with van der Waals surface area (Å²) >= 11 is 0. The van der Waals surface area contributed by atoms with Crippen molar-refractivity contribution in [1.82, 2.24) is 0 Å². The average Bonchev–Trinajstić information content (AvgIpc) is 1.59. The van der Waals surface area contributed by atoms with Crippen molar-refractivity contribution in [3.8, 4) is 5.75 Å². The Bertz CT molecular complexity index is 172. The van der Waals surface area contributed by atoms with Gasteiger partial charge in [0.15, 0.2) is 5.75 Å². The van der Waals surface area contributed by atoms with Gasteiger partial charge in [-0.3, -0.25) is 5.11 Å². The smallest absolute Gasteiger partial charge is 0.184 e. The third-order valence-corrected chi connectivity index (χ3v) is 0.836. The van der Waals surface area contributed by atoms with Gasteiger partial charge in [0.1, 0.15) is 11.6 Å².